The molecule has 0 heterocycles. The molecule has 21 heteroatoms. The summed E-state index contributed by atoms with van der Waals surface area (Å²) in [6.07, 6.45) is -14.8. The molecule has 0 aliphatic rings. The van der Waals surface area contributed by atoms with Crippen LogP contribution < -0.4 is 21.3 Å². The molecule has 10 atom stereocenters. The molecule has 0 fully saturated rings. The molecule has 0 saturated carbocycles. The van der Waals surface area contributed by atoms with Crippen LogP contribution in [-0.2, 0) is 28.8 Å². The SMILES string of the molecule is O=CN[C@H](C(=O)NC(CC(=O)O)C(=O)N[C@H](C(=O)NC(CS)C(=O)O)C(O)C(O)[C@H](O)CO)C(O)C(O)[C@H](O)CO. The first-order chi connectivity index (χ1) is 19.1. The summed E-state index contributed by atoms with van der Waals surface area (Å²) in [5, 5.41) is 103. The average molecular weight is 619 g/mol. The predicted octanol–water partition coefficient (Wildman–Crippen LogP) is -8.81. The van der Waals surface area contributed by atoms with E-state index in [1.807, 2.05) is 5.32 Å². The van der Waals surface area contributed by atoms with Crippen molar-refractivity contribution in [1.82, 2.24) is 21.3 Å². The van der Waals surface area contributed by atoms with Crippen LogP contribution in [0.1, 0.15) is 6.42 Å². The van der Waals surface area contributed by atoms with Gasteiger partial charge in [0.2, 0.25) is 24.1 Å². The molecule has 0 aliphatic carbocycles. The summed E-state index contributed by atoms with van der Waals surface area (Å²) in [5.74, 6) is -8.43. The van der Waals surface area contributed by atoms with Crippen LogP contribution >= 0.6 is 12.6 Å². The van der Waals surface area contributed by atoms with Crippen LogP contribution in [0.15, 0.2) is 0 Å². The number of carboxylic acids is 2. The number of carboxylic acid groups (broad SMARTS) is 2. The Morgan fingerprint density at radius 3 is 1.49 bits per heavy atom. The van der Waals surface area contributed by atoms with Crippen LogP contribution in [0.3, 0.4) is 0 Å². The lowest BCUT2D eigenvalue weighted by atomic mass is 9.98. The Bertz CT molecular complexity index is 912. The standard InChI is InChI=1S/C20H34N4O16S/c25-2-8(28)13(32)15(34)11(21-5-27)18(37)22-6(1-10(30)31)17(36)24-12(16(35)14(33)9(29)3-26)19(38)23-7(4-41)20(39)40/h5-9,11-16,25-26,28-29,32-35,41H,1-4H2,(H,21,27)(H,22,37)(H,23,38)(H,24,36)(H,30,31)(H,39,40)/t6?,7?,8-,9-,11+,12+,13?,14?,15?,16?/m1/s1. The molecular formula is C20H34N4O16S. The Labute approximate surface area is 236 Å². The molecule has 6 unspecified atom stereocenters. The molecule has 0 aromatic carbocycles. The van der Waals surface area contributed by atoms with Gasteiger partial charge in [0.25, 0.3) is 0 Å². The highest BCUT2D eigenvalue weighted by molar-refractivity contribution is 7.80. The Morgan fingerprint density at radius 2 is 1.10 bits per heavy atom. The normalized spacial score (nSPS) is 18.6. The third-order valence-corrected chi connectivity index (χ3v) is 5.83. The minimum atomic E-state index is -2.46. The molecule has 4 amide bonds. The van der Waals surface area contributed by atoms with Crippen molar-refractivity contribution in [3.05, 3.63) is 0 Å². The monoisotopic (exact) mass is 618 g/mol. The lowest BCUT2D eigenvalue weighted by Crippen LogP contribution is -2.64. The third kappa shape index (κ3) is 11.7. The lowest BCUT2D eigenvalue weighted by Gasteiger charge is -2.31. The third-order valence-electron chi connectivity index (χ3n) is 5.46. The molecule has 41 heavy (non-hydrogen) atoms. The van der Waals surface area contributed by atoms with E-state index in [0.717, 1.165) is 0 Å². The molecule has 0 aromatic rings. The largest absolute Gasteiger partial charge is 0.481 e. The molecule has 14 N–H and O–H groups in total. The summed E-state index contributed by atoms with van der Waals surface area (Å²) in [6, 6.07) is -8.37. The van der Waals surface area contributed by atoms with Crippen molar-refractivity contribution in [2.45, 2.75) is 67.2 Å². The van der Waals surface area contributed by atoms with Crippen molar-refractivity contribution in [2.24, 2.45) is 0 Å². The van der Waals surface area contributed by atoms with Gasteiger partial charge in [-0.1, -0.05) is 0 Å². The summed E-state index contributed by atoms with van der Waals surface area (Å²) in [7, 11) is 0. The number of carbonyl (C=O) groups is 6. The highest BCUT2D eigenvalue weighted by Crippen LogP contribution is 2.10. The van der Waals surface area contributed by atoms with E-state index in [2.05, 4.69) is 12.6 Å². The minimum Gasteiger partial charge on any atom is -0.481 e. The van der Waals surface area contributed by atoms with Crippen molar-refractivity contribution in [3.8, 4) is 0 Å². The van der Waals surface area contributed by atoms with Gasteiger partial charge in [-0.25, -0.2) is 4.79 Å². The first kappa shape index (κ1) is 37.9. The van der Waals surface area contributed by atoms with Gasteiger partial charge in [0.15, 0.2) is 0 Å². The average Bonchev–Trinajstić information content (AvgIpc) is 2.93. The van der Waals surface area contributed by atoms with Crippen molar-refractivity contribution in [1.29, 1.82) is 0 Å². The van der Waals surface area contributed by atoms with E-state index >= 15 is 0 Å². The van der Waals surface area contributed by atoms with Crippen molar-refractivity contribution < 1.29 is 79.8 Å². The zero-order valence-corrected chi connectivity index (χ0v) is 21.9. The first-order valence-corrected chi connectivity index (χ1v) is 12.2. The summed E-state index contributed by atoms with van der Waals surface area (Å²) in [5.41, 5.74) is 0. The number of hydrogen-bond donors (Lipinski definition) is 15. The quantitative estimate of drug-likeness (QED) is 0.0444. The van der Waals surface area contributed by atoms with Gasteiger partial charge in [-0.15, -0.1) is 0 Å². The van der Waals surface area contributed by atoms with Gasteiger partial charge < -0.3 is 72.3 Å². The maximum Gasteiger partial charge on any atom is 0.327 e. The van der Waals surface area contributed by atoms with Crippen LogP contribution in [-0.4, -0.2) is 167 Å². The number of carbonyl (C=O) groups excluding carboxylic acids is 4. The van der Waals surface area contributed by atoms with Crippen LogP contribution in [0.2, 0.25) is 0 Å². The Morgan fingerprint density at radius 1 is 0.659 bits per heavy atom. The van der Waals surface area contributed by atoms with E-state index in [4.69, 9.17) is 15.3 Å². The molecule has 0 rings (SSSR count). The number of aliphatic hydroxyl groups excluding tert-OH is 8. The summed E-state index contributed by atoms with van der Waals surface area (Å²) < 4.78 is 0. The lowest BCUT2D eigenvalue weighted by molar-refractivity contribution is -0.146. The second-order valence-electron chi connectivity index (χ2n) is 8.45. The zero-order valence-electron chi connectivity index (χ0n) is 21.0. The number of amides is 4. The summed E-state index contributed by atoms with van der Waals surface area (Å²) in [4.78, 5) is 71.9. The highest BCUT2D eigenvalue weighted by atomic mass is 32.1. The molecule has 0 spiro atoms. The molecule has 0 bridgehead atoms. The van der Waals surface area contributed by atoms with E-state index < -0.39 is 116 Å². The smallest absolute Gasteiger partial charge is 0.327 e. The molecule has 0 saturated heterocycles. The van der Waals surface area contributed by atoms with E-state index in [9.17, 15) is 64.5 Å². The number of aliphatic carboxylic acids is 2. The zero-order chi connectivity index (χ0) is 32.0. The second kappa shape index (κ2) is 18.3. The van der Waals surface area contributed by atoms with Gasteiger partial charge >= 0.3 is 11.9 Å². The molecule has 0 radical (unpaired) electrons. The van der Waals surface area contributed by atoms with Gasteiger partial charge in [-0.3, -0.25) is 24.0 Å². The first-order valence-electron chi connectivity index (χ1n) is 11.5. The minimum absolute atomic E-state index is 0.136. The van der Waals surface area contributed by atoms with Crippen molar-refractivity contribution >= 4 is 48.7 Å². The second-order valence-corrected chi connectivity index (χ2v) is 8.82. The topological polar surface area (TPSA) is 353 Å². The fourth-order valence-corrected chi connectivity index (χ4v) is 3.37. The molecule has 0 aromatic heterocycles. The van der Waals surface area contributed by atoms with Crippen LogP contribution in [0, 0.1) is 0 Å². The Hall–Kier alpha value is -3.15. The van der Waals surface area contributed by atoms with Crippen molar-refractivity contribution in [2.75, 3.05) is 19.0 Å². The van der Waals surface area contributed by atoms with Gasteiger partial charge in [0, 0.05) is 5.75 Å². The Balaban J connectivity index is 6.22. The van der Waals surface area contributed by atoms with Gasteiger partial charge in [0.05, 0.1) is 19.6 Å². The summed E-state index contributed by atoms with van der Waals surface area (Å²) in [6.45, 7) is -2.23. The maximum atomic E-state index is 12.9. The number of thiol groups is 1. The van der Waals surface area contributed by atoms with Gasteiger partial charge in [-0.05, 0) is 0 Å². The number of hydrogen-bond acceptors (Lipinski definition) is 15. The molecule has 236 valence electrons. The van der Waals surface area contributed by atoms with Crippen LogP contribution in [0.25, 0.3) is 0 Å². The molecule has 20 nitrogen and oxygen atoms in total. The van der Waals surface area contributed by atoms with Crippen molar-refractivity contribution in [3.63, 3.8) is 0 Å². The van der Waals surface area contributed by atoms with E-state index in [1.165, 1.54) is 0 Å². The number of aliphatic hydroxyl groups is 8. The molecular weight excluding hydrogens is 584 g/mol. The fraction of sp³-hybridized carbons (Fsp3) is 0.700. The fourth-order valence-electron chi connectivity index (χ4n) is 3.12. The van der Waals surface area contributed by atoms with Crippen LogP contribution in [0.5, 0.6) is 0 Å². The predicted molar refractivity (Wildman–Crippen MR) is 133 cm³/mol. The number of nitrogens with one attached hydrogen (secondary N) is 4. The number of rotatable bonds is 20. The van der Waals surface area contributed by atoms with E-state index in [0.29, 0.717) is 0 Å². The Kier molecular flexibility index (Phi) is 16.9. The highest BCUT2D eigenvalue weighted by Gasteiger charge is 2.41. The van der Waals surface area contributed by atoms with E-state index in [-0.39, 0.29) is 6.41 Å². The summed E-state index contributed by atoms with van der Waals surface area (Å²) >= 11 is 3.72. The van der Waals surface area contributed by atoms with Gasteiger partial charge in [0.1, 0.15) is 60.8 Å². The maximum absolute atomic E-state index is 12.9. The van der Waals surface area contributed by atoms with Crippen LogP contribution in [0.4, 0.5) is 0 Å². The van der Waals surface area contributed by atoms with E-state index in [1.54, 1.807) is 16.0 Å². The van der Waals surface area contributed by atoms with Gasteiger partial charge in [-0.2, -0.15) is 12.6 Å². The molecule has 0 aliphatic heterocycles.